The van der Waals surface area contributed by atoms with Crippen LogP contribution in [-0.4, -0.2) is 49.1 Å². The third-order valence-corrected chi connectivity index (χ3v) is 5.47. The van der Waals surface area contributed by atoms with Crippen molar-refractivity contribution in [1.29, 1.82) is 0 Å². The number of hydrogen-bond acceptors (Lipinski definition) is 6. The number of sulfonamides is 1. The Labute approximate surface area is 122 Å². The first-order chi connectivity index (χ1) is 9.91. The lowest BCUT2D eigenvalue weighted by atomic mass is 10.2. The monoisotopic (exact) mass is 316 g/mol. The summed E-state index contributed by atoms with van der Waals surface area (Å²) < 4.78 is 31.5. The predicted octanol–water partition coefficient (Wildman–Crippen LogP) is 0.749. The number of aliphatic hydroxyl groups is 1. The van der Waals surface area contributed by atoms with Gasteiger partial charge in [-0.2, -0.15) is 4.31 Å². The molecule has 1 aromatic rings. The van der Waals surface area contributed by atoms with E-state index in [1.165, 1.54) is 17.5 Å². The summed E-state index contributed by atoms with van der Waals surface area (Å²) in [6, 6.07) is 2.91. The second-order valence-electron chi connectivity index (χ2n) is 4.69. The fourth-order valence-corrected chi connectivity index (χ4v) is 4.24. The van der Waals surface area contributed by atoms with E-state index in [9.17, 15) is 23.6 Å². The van der Waals surface area contributed by atoms with Crippen LogP contribution < -0.4 is 4.74 Å². The molecule has 0 unspecified atom stereocenters. The second kappa shape index (κ2) is 5.96. The SMILES string of the molecule is COc1cc([N+](=O)[O-])ccc1S(=O)(=O)N1CCC[C@@H]1CO. The Balaban J connectivity index is 2.47. The Morgan fingerprint density at radius 3 is 2.81 bits per heavy atom. The molecular weight excluding hydrogens is 300 g/mol. The highest BCUT2D eigenvalue weighted by atomic mass is 32.2. The molecule has 1 aliphatic rings. The van der Waals surface area contributed by atoms with Gasteiger partial charge in [-0.15, -0.1) is 0 Å². The molecule has 0 saturated carbocycles. The number of methoxy groups -OCH3 is 1. The summed E-state index contributed by atoms with van der Waals surface area (Å²) in [5, 5.41) is 20.0. The number of benzene rings is 1. The lowest BCUT2D eigenvalue weighted by Crippen LogP contribution is -2.37. The van der Waals surface area contributed by atoms with Crippen molar-refractivity contribution >= 4 is 15.7 Å². The maximum absolute atomic E-state index is 12.6. The van der Waals surface area contributed by atoms with Crippen molar-refractivity contribution in [2.45, 2.75) is 23.8 Å². The van der Waals surface area contributed by atoms with Gasteiger partial charge in [0.2, 0.25) is 10.0 Å². The van der Waals surface area contributed by atoms with Crippen molar-refractivity contribution in [3.8, 4) is 5.75 Å². The minimum absolute atomic E-state index is 0.0761. The lowest BCUT2D eigenvalue weighted by Gasteiger charge is -2.23. The number of nitro benzene ring substituents is 1. The Hall–Kier alpha value is -1.71. The van der Waals surface area contributed by atoms with Gasteiger partial charge in [0.25, 0.3) is 5.69 Å². The molecule has 1 aliphatic heterocycles. The fourth-order valence-electron chi connectivity index (χ4n) is 2.42. The van der Waals surface area contributed by atoms with E-state index >= 15 is 0 Å². The van der Waals surface area contributed by atoms with Gasteiger partial charge in [-0.3, -0.25) is 10.1 Å². The van der Waals surface area contributed by atoms with E-state index in [4.69, 9.17) is 4.74 Å². The van der Waals surface area contributed by atoms with E-state index in [2.05, 4.69) is 0 Å². The maximum atomic E-state index is 12.6. The molecule has 1 fully saturated rings. The average Bonchev–Trinajstić information content (AvgIpc) is 2.95. The van der Waals surface area contributed by atoms with Gasteiger partial charge in [0.05, 0.1) is 24.7 Å². The van der Waals surface area contributed by atoms with Crippen LogP contribution in [0, 0.1) is 10.1 Å². The number of ether oxygens (including phenoxy) is 1. The highest BCUT2D eigenvalue weighted by molar-refractivity contribution is 7.89. The molecule has 0 amide bonds. The first kappa shape index (κ1) is 15.7. The number of hydrogen-bond donors (Lipinski definition) is 1. The van der Waals surface area contributed by atoms with Crippen LogP contribution >= 0.6 is 0 Å². The third kappa shape index (κ3) is 2.85. The van der Waals surface area contributed by atoms with Crippen LogP contribution in [0.3, 0.4) is 0 Å². The molecule has 2 rings (SSSR count). The van der Waals surface area contributed by atoms with Crippen LogP contribution in [-0.2, 0) is 10.0 Å². The standard InChI is InChI=1S/C12H16N2O6S/c1-20-11-7-9(14(16)17)4-5-12(11)21(18,19)13-6-2-3-10(13)8-15/h4-5,7,10,15H,2-3,6,8H2,1H3/t10-/m1/s1. The summed E-state index contributed by atoms with van der Waals surface area (Å²) in [5.41, 5.74) is -0.245. The van der Waals surface area contributed by atoms with Crippen molar-refractivity contribution < 1.29 is 23.2 Å². The topological polar surface area (TPSA) is 110 Å². The van der Waals surface area contributed by atoms with Gasteiger partial charge in [-0.1, -0.05) is 0 Å². The van der Waals surface area contributed by atoms with E-state index in [0.717, 1.165) is 12.1 Å². The Morgan fingerprint density at radius 1 is 1.52 bits per heavy atom. The van der Waals surface area contributed by atoms with Crippen LogP contribution in [0.5, 0.6) is 5.75 Å². The molecule has 21 heavy (non-hydrogen) atoms. The zero-order valence-electron chi connectivity index (χ0n) is 11.4. The number of nitrogens with zero attached hydrogens (tertiary/aromatic N) is 2. The molecule has 1 aromatic carbocycles. The number of non-ortho nitro benzene ring substituents is 1. The molecule has 0 aliphatic carbocycles. The predicted molar refractivity (Wildman–Crippen MR) is 73.6 cm³/mol. The molecule has 0 aromatic heterocycles. The summed E-state index contributed by atoms with van der Waals surface area (Å²) in [4.78, 5) is 9.99. The minimum Gasteiger partial charge on any atom is -0.495 e. The van der Waals surface area contributed by atoms with Crippen molar-refractivity contribution in [3.05, 3.63) is 28.3 Å². The summed E-state index contributed by atoms with van der Waals surface area (Å²) in [6.45, 7) is 0.0578. The Kier molecular flexibility index (Phi) is 4.45. The number of aliphatic hydroxyl groups excluding tert-OH is 1. The van der Waals surface area contributed by atoms with E-state index in [-0.39, 0.29) is 22.9 Å². The van der Waals surface area contributed by atoms with E-state index in [1.807, 2.05) is 0 Å². The average molecular weight is 316 g/mol. The smallest absolute Gasteiger partial charge is 0.273 e. The third-order valence-electron chi connectivity index (χ3n) is 3.48. The van der Waals surface area contributed by atoms with Crippen LogP contribution in [0.2, 0.25) is 0 Å². The van der Waals surface area contributed by atoms with Crippen molar-refractivity contribution in [2.75, 3.05) is 20.3 Å². The largest absolute Gasteiger partial charge is 0.495 e. The quantitative estimate of drug-likeness (QED) is 0.634. The van der Waals surface area contributed by atoms with Crippen LogP contribution in [0.15, 0.2) is 23.1 Å². The molecule has 116 valence electrons. The van der Waals surface area contributed by atoms with Crippen molar-refractivity contribution in [2.24, 2.45) is 0 Å². The molecular formula is C12H16N2O6S. The minimum atomic E-state index is -3.86. The van der Waals surface area contributed by atoms with Crippen LogP contribution in [0.4, 0.5) is 5.69 Å². The summed E-state index contributed by atoms with van der Waals surface area (Å²) in [5.74, 6) is -0.0761. The molecule has 1 atom stereocenters. The van der Waals surface area contributed by atoms with Gasteiger partial charge < -0.3 is 9.84 Å². The summed E-state index contributed by atoms with van der Waals surface area (Å²) >= 11 is 0. The molecule has 1 N–H and O–H groups in total. The molecule has 0 bridgehead atoms. The van der Waals surface area contributed by atoms with Crippen molar-refractivity contribution in [1.82, 2.24) is 4.31 Å². The lowest BCUT2D eigenvalue weighted by molar-refractivity contribution is -0.385. The van der Waals surface area contributed by atoms with Gasteiger partial charge in [-0.25, -0.2) is 8.42 Å². The normalized spacial score (nSPS) is 19.6. The van der Waals surface area contributed by atoms with Gasteiger partial charge in [0.1, 0.15) is 10.6 Å². The molecule has 1 saturated heterocycles. The van der Waals surface area contributed by atoms with E-state index in [0.29, 0.717) is 19.4 Å². The van der Waals surface area contributed by atoms with Gasteiger partial charge >= 0.3 is 0 Å². The van der Waals surface area contributed by atoms with Gasteiger partial charge in [0.15, 0.2) is 0 Å². The second-order valence-corrected chi connectivity index (χ2v) is 6.55. The summed E-state index contributed by atoms with van der Waals surface area (Å²) in [7, 11) is -2.60. The Morgan fingerprint density at radius 2 is 2.24 bits per heavy atom. The number of nitro groups is 1. The highest BCUT2D eigenvalue weighted by Crippen LogP contribution is 2.33. The summed E-state index contributed by atoms with van der Waals surface area (Å²) in [6.07, 6.45) is 1.25. The molecule has 8 nitrogen and oxygen atoms in total. The van der Waals surface area contributed by atoms with Gasteiger partial charge in [-0.05, 0) is 18.9 Å². The van der Waals surface area contributed by atoms with Crippen molar-refractivity contribution in [3.63, 3.8) is 0 Å². The Bertz CT molecular complexity index is 645. The van der Waals surface area contributed by atoms with E-state index in [1.54, 1.807) is 0 Å². The fraction of sp³-hybridized carbons (Fsp3) is 0.500. The first-order valence-electron chi connectivity index (χ1n) is 6.37. The molecule has 0 spiro atoms. The van der Waals surface area contributed by atoms with E-state index < -0.39 is 21.0 Å². The van der Waals surface area contributed by atoms with Crippen LogP contribution in [0.1, 0.15) is 12.8 Å². The molecule has 9 heteroatoms. The van der Waals surface area contributed by atoms with Crippen LogP contribution in [0.25, 0.3) is 0 Å². The van der Waals surface area contributed by atoms with Gasteiger partial charge in [0, 0.05) is 18.7 Å². The molecule has 1 heterocycles. The zero-order valence-corrected chi connectivity index (χ0v) is 12.2. The highest BCUT2D eigenvalue weighted by Gasteiger charge is 2.36. The number of rotatable bonds is 5. The maximum Gasteiger partial charge on any atom is 0.273 e. The zero-order chi connectivity index (χ0) is 15.6. The molecule has 0 radical (unpaired) electrons. The first-order valence-corrected chi connectivity index (χ1v) is 7.81.